The fourth-order valence-electron chi connectivity index (χ4n) is 2.30. The molecule has 1 aliphatic rings. The van der Waals surface area contributed by atoms with Crippen molar-refractivity contribution < 1.29 is 9.90 Å². The lowest BCUT2D eigenvalue weighted by Crippen LogP contribution is -2.43. The Balaban J connectivity index is 2.19. The van der Waals surface area contributed by atoms with Gasteiger partial charge in [-0.1, -0.05) is 35.0 Å². The van der Waals surface area contributed by atoms with Crippen molar-refractivity contribution in [2.24, 2.45) is 5.92 Å². The molecule has 1 aromatic rings. The Labute approximate surface area is 116 Å². The maximum atomic E-state index is 12.4. The van der Waals surface area contributed by atoms with Crippen molar-refractivity contribution in [2.45, 2.75) is 25.1 Å². The standard InChI is InChI=1S/C14H18BrNO2/c1-9-4-3-5-11(13(9)17)14(18)16-7-6-12(15)10(2)8-16/h3-5,10,12,17H,6-8H2,1-2H3. The molecule has 0 radical (unpaired) electrons. The third-order valence-corrected chi connectivity index (χ3v) is 4.92. The van der Waals surface area contributed by atoms with Crippen LogP contribution in [0.1, 0.15) is 29.3 Å². The van der Waals surface area contributed by atoms with Gasteiger partial charge in [0.05, 0.1) is 5.56 Å². The number of carbonyl (C=O) groups excluding carboxylic acids is 1. The second-order valence-electron chi connectivity index (χ2n) is 5.00. The van der Waals surface area contributed by atoms with Gasteiger partial charge in [-0.05, 0) is 30.9 Å². The summed E-state index contributed by atoms with van der Waals surface area (Å²) in [5.74, 6) is 0.480. The number of alkyl halides is 1. The highest BCUT2D eigenvalue weighted by molar-refractivity contribution is 9.09. The van der Waals surface area contributed by atoms with Crippen LogP contribution in [-0.4, -0.2) is 33.8 Å². The van der Waals surface area contributed by atoms with Crippen molar-refractivity contribution in [3.8, 4) is 5.75 Å². The summed E-state index contributed by atoms with van der Waals surface area (Å²) in [6.07, 6.45) is 0.958. The summed E-state index contributed by atoms with van der Waals surface area (Å²) in [5.41, 5.74) is 1.15. The van der Waals surface area contributed by atoms with Gasteiger partial charge in [0, 0.05) is 17.9 Å². The third kappa shape index (κ3) is 2.53. The van der Waals surface area contributed by atoms with Crippen molar-refractivity contribution in [3.05, 3.63) is 29.3 Å². The van der Waals surface area contributed by atoms with E-state index in [9.17, 15) is 9.90 Å². The van der Waals surface area contributed by atoms with E-state index in [1.807, 2.05) is 11.0 Å². The van der Waals surface area contributed by atoms with Gasteiger partial charge in [-0.15, -0.1) is 0 Å². The van der Waals surface area contributed by atoms with E-state index in [1.165, 1.54) is 0 Å². The summed E-state index contributed by atoms with van der Waals surface area (Å²) < 4.78 is 0. The Morgan fingerprint density at radius 2 is 2.22 bits per heavy atom. The van der Waals surface area contributed by atoms with Crippen LogP contribution in [0.25, 0.3) is 0 Å². The summed E-state index contributed by atoms with van der Waals surface area (Å²) in [6, 6.07) is 5.30. The number of hydrogen-bond donors (Lipinski definition) is 1. The molecule has 0 aromatic heterocycles. The molecular weight excluding hydrogens is 294 g/mol. The Kier molecular flexibility index (Phi) is 3.95. The number of aromatic hydroxyl groups is 1. The highest BCUT2D eigenvalue weighted by Crippen LogP contribution is 2.27. The number of halogens is 1. The van der Waals surface area contributed by atoms with Crippen LogP contribution in [0.15, 0.2) is 18.2 Å². The predicted molar refractivity (Wildman–Crippen MR) is 75.2 cm³/mol. The number of aryl methyl sites for hydroxylation is 1. The minimum atomic E-state index is -0.0672. The molecule has 18 heavy (non-hydrogen) atoms. The minimum absolute atomic E-state index is 0.0672. The first-order valence-corrected chi connectivity index (χ1v) is 7.14. The number of nitrogens with zero attached hydrogens (tertiary/aromatic N) is 1. The Morgan fingerprint density at radius 3 is 2.89 bits per heavy atom. The number of likely N-dealkylation sites (tertiary alicyclic amines) is 1. The van der Waals surface area contributed by atoms with Gasteiger partial charge >= 0.3 is 0 Å². The summed E-state index contributed by atoms with van der Waals surface area (Å²) in [6.45, 7) is 5.42. The number of carbonyl (C=O) groups is 1. The lowest BCUT2D eigenvalue weighted by Gasteiger charge is -2.34. The summed E-state index contributed by atoms with van der Waals surface area (Å²) in [4.78, 5) is 14.7. The van der Waals surface area contributed by atoms with E-state index in [0.717, 1.165) is 25.1 Å². The SMILES string of the molecule is Cc1cccc(C(=O)N2CCC(Br)C(C)C2)c1O. The zero-order chi connectivity index (χ0) is 13.3. The van der Waals surface area contributed by atoms with E-state index in [1.54, 1.807) is 19.1 Å². The zero-order valence-electron chi connectivity index (χ0n) is 10.7. The minimum Gasteiger partial charge on any atom is -0.507 e. The van der Waals surface area contributed by atoms with Crippen LogP contribution in [-0.2, 0) is 0 Å². The van der Waals surface area contributed by atoms with E-state index in [4.69, 9.17) is 0 Å². The number of hydrogen-bond acceptors (Lipinski definition) is 2. The number of amides is 1. The van der Waals surface area contributed by atoms with Gasteiger partial charge in [0.25, 0.3) is 5.91 Å². The van der Waals surface area contributed by atoms with E-state index in [0.29, 0.717) is 16.3 Å². The zero-order valence-corrected chi connectivity index (χ0v) is 12.3. The molecule has 1 amide bonds. The highest BCUT2D eigenvalue weighted by atomic mass is 79.9. The predicted octanol–water partition coefficient (Wildman–Crippen LogP) is 2.95. The fraction of sp³-hybridized carbons (Fsp3) is 0.500. The molecular formula is C14H18BrNO2. The number of rotatable bonds is 1. The molecule has 1 saturated heterocycles. The van der Waals surface area contributed by atoms with Gasteiger partial charge in [0.2, 0.25) is 0 Å². The molecule has 1 fully saturated rings. The molecule has 2 unspecified atom stereocenters. The molecule has 1 heterocycles. The van der Waals surface area contributed by atoms with Crippen molar-refractivity contribution >= 4 is 21.8 Å². The molecule has 1 N–H and O–H groups in total. The molecule has 2 rings (SSSR count). The van der Waals surface area contributed by atoms with Gasteiger partial charge in [-0.3, -0.25) is 4.79 Å². The maximum absolute atomic E-state index is 12.4. The second-order valence-corrected chi connectivity index (χ2v) is 6.18. The molecule has 1 aliphatic heterocycles. The van der Waals surface area contributed by atoms with Gasteiger partial charge in [-0.25, -0.2) is 0 Å². The second kappa shape index (κ2) is 5.31. The van der Waals surface area contributed by atoms with Crippen molar-refractivity contribution in [1.82, 2.24) is 4.90 Å². The van der Waals surface area contributed by atoms with Gasteiger partial charge in [0.1, 0.15) is 5.75 Å². The third-order valence-electron chi connectivity index (χ3n) is 3.56. The smallest absolute Gasteiger partial charge is 0.257 e. The van der Waals surface area contributed by atoms with Crippen LogP contribution in [0.4, 0.5) is 0 Å². The van der Waals surface area contributed by atoms with Crippen molar-refractivity contribution in [2.75, 3.05) is 13.1 Å². The number of para-hydroxylation sites is 1. The molecule has 4 heteroatoms. The Hall–Kier alpha value is -1.03. The van der Waals surface area contributed by atoms with Crippen LogP contribution < -0.4 is 0 Å². The lowest BCUT2D eigenvalue weighted by atomic mass is 9.99. The van der Waals surface area contributed by atoms with Crippen LogP contribution in [0.2, 0.25) is 0 Å². The average Bonchev–Trinajstić information content (AvgIpc) is 2.35. The molecule has 2 atom stereocenters. The normalized spacial score (nSPS) is 24.1. The summed E-state index contributed by atoms with van der Waals surface area (Å²) >= 11 is 3.63. The van der Waals surface area contributed by atoms with Crippen LogP contribution in [0.5, 0.6) is 5.75 Å². The Morgan fingerprint density at radius 1 is 1.50 bits per heavy atom. The van der Waals surface area contributed by atoms with E-state index >= 15 is 0 Å². The summed E-state index contributed by atoms with van der Waals surface area (Å²) in [5, 5.41) is 9.96. The molecule has 0 spiro atoms. The van der Waals surface area contributed by atoms with Crippen LogP contribution in [0, 0.1) is 12.8 Å². The first-order valence-electron chi connectivity index (χ1n) is 6.22. The number of benzene rings is 1. The number of phenolic OH excluding ortho intramolecular Hbond substituents is 1. The van der Waals surface area contributed by atoms with Crippen LogP contribution >= 0.6 is 15.9 Å². The largest absolute Gasteiger partial charge is 0.507 e. The molecule has 0 aliphatic carbocycles. The average molecular weight is 312 g/mol. The number of piperidine rings is 1. The maximum Gasteiger partial charge on any atom is 0.257 e. The number of phenols is 1. The van der Waals surface area contributed by atoms with E-state index < -0.39 is 0 Å². The molecule has 1 aromatic carbocycles. The van der Waals surface area contributed by atoms with Crippen LogP contribution in [0.3, 0.4) is 0 Å². The van der Waals surface area contributed by atoms with E-state index in [-0.39, 0.29) is 11.7 Å². The molecule has 0 bridgehead atoms. The quantitative estimate of drug-likeness (QED) is 0.810. The molecule has 0 saturated carbocycles. The first kappa shape index (κ1) is 13.4. The lowest BCUT2D eigenvalue weighted by molar-refractivity contribution is 0.0687. The first-order chi connectivity index (χ1) is 8.50. The monoisotopic (exact) mass is 311 g/mol. The highest BCUT2D eigenvalue weighted by Gasteiger charge is 2.28. The topological polar surface area (TPSA) is 40.5 Å². The molecule has 3 nitrogen and oxygen atoms in total. The van der Waals surface area contributed by atoms with Gasteiger partial charge in [0.15, 0.2) is 0 Å². The Bertz CT molecular complexity index is 461. The van der Waals surface area contributed by atoms with Gasteiger partial charge in [-0.2, -0.15) is 0 Å². The summed E-state index contributed by atoms with van der Waals surface area (Å²) in [7, 11) is 0. The van der Waals surface area contributed by atoms with Crippen molar-refractivity contribution in [3.63, 3.8) is 0 Å². The van der Waals surface area contributed by atoms with Crippen molar-refractivity contribution in [1.29, 1.82) is 0 Å². The molecule has 98 valence electrons. The van der Waals surface area contributed by atoms with Gasteiger partial charge < -0.3 is 10.0 Å². The fourth-order valence-corrected chi connectivity index (χ4v) is 2.68. The van der Waals surface area contributed by atoms with E-state index in [2.05, 4.69) is 22.9 Å².